The van der Waals surface area contributed by atoms with Gasteiger partial charge < -0.3 is 9.67 Å². The summed E-state index contributed by atoms with van der Waals surface area (Å²) < 4.78 is 1.99. The Balaban J connectivity index is 1.35. The summed E-state index contributed by atoms with van der Waals surface area (Å²) in [6, 6.07) is 24.2. The van der Waals surface area contributed by atoms with E-state index in [1.165, 1.54) is 10.9 Å². The number of aryl methyl sites for hydroxylation is 1. The van der Waals surface area contributed by atoms with Gasteiger partial charge in [-0.1, -0.05) is 78.9 Å². The molecule has 4 nitrogen and oxygen atoms in total. The number of pyridine rings is 1. The fourth-order valence-electron chi connectivity index (χ4n) is 4.18. The van der Waals surface area contributed by atoms with Gasteiger partial charge in [0.2, 0.25) is 0 Å². The Bertz CT molecular complexity index is 1430. The Morgan fingerprint density at radius 3 is 2.42 bits per heavy atom. The zero-order valence-corrected chi connectivity index (χ0v) is 18.5. The molecular formula is C29H25N3O. The molecule has 0 bridgehead atoms. The summed E-state index contributed by atoms with van der Waals surface area (Å²) in [4.78, 5) is 9.15. The summed E-state index contributed by atoms with van der Waals surface area (Å²) in [7, 11) is 1.98. The number of aromatic nitrogens is 3. The van der Waals surface area contributed by atoms with Gasteiger partial charge in [0.1, 0.15) is 11.6 Å². The van der Waals surface area contributed by atoms with E-state index in [1.54, 1.807) is 0 Å². The van der Waals surface area contributed by atoms with Gasteiger partial charge in [-0.15, -0.1) is 0 Å². The number of benzene rings is 3. The molecule has 0 radical (unpaired) electrons. The Hall–Kier alpha value is -4.18. The third-order valence-electron chi connectivity index (χ3n) is 5.90. The molecule has 0 fully saturated rings. The Morgan fingerprint density at radius 1 is 0.818 bits per heavy atom. The van der Waals surface area contributed by atoms with Crippen molar-refractivity contribution in [2.24, 2.45) is 7.05 Å². The van der Waals surface area contributed by atoms with Crippen LogP contribution in [-0.2, 0) is 19.9 Å². The van der Waals surface area contributed by atoms with E-state index in [-0.39, 0.29) is 5.75 Å². The Kier molecular flexibility index (Phi) is 5.73. The predicted octanol–water partition coefficient (Wildman–Crippen LogP) is 6.35. The van der Waals surface area contributed by atoms with Gasteiger partial charge in [0.05, 0.1) is 5.69 Å². The van der Waals surface area contributed by atoms with E-state index in [9.17, 15) is 5.11 Å². The maximum absolute atomic E-state index is 11.0. The largest absolute Gasteiger partial charge is 0.507 e. The first-order valence-corrected chi connectivity index (χ1v) is 11.1. The van der Waals surface area contributed by atoms with E-state index >= 15 is 0 Å². The molecule has 1 N–H and O–H groups in total. The molecule has 5 rings (SSSR count). The van der Waals surface area contributed by atoms with E-state index in [4.69, 9.17) is 4.98 Å². The molecule has 0 unspecified atom stereocenters. The van der Waals surface area contributed by atoms with Gasteiger partial charge in [0, 0.05) is 42.2 Å². The van der Waals surface area contributed by atoms with Crippen molar-refractivity contribution in [3.8, 4) is 28.4 Å². The number of fused-ring (bicyclic) bond motifs is 1. The molecule has 0 aliphatic heterocycles. The van der Waals surface area contributed by atoms with Crippen LogP contribution in [0.1, 0.15) is 11.1 Å². The number of aromatic hydroxyl groups is 1. The zero-order valence-electron chi connectivity index (χ0n) is 18.5. The smallest absolute Gasteiger partial charge is 0.140 e. The van der Waals surface area contributed by atoms with E-state index in [0.29, 0.717) is 6.42 Å². The molecule has 0 aliphatic rings. The molecule has 2 heterocycles. The molecular weight excluding hydrogens is 406 g/mol. The highest BCUT2D eigenvalue weighted by atomic mass is 16.3. The van der Waals surface area contributed by atoms with Crippen molar-refractivity contribution in [2.45, 2.75) is 12.8 Å². The van der Waals surface area contributed by atoms with Gasteiger partial charge in [-0.05, 0) is 35.4 Å². The average Bonchev–Trinajstić information content (AvgIpc) is 3.24. The summed E-state index contributed by atoms with van der Waals surface area (Å²) in [6.07, 6.45) is 11.5. The lowest BCUT2D eigenvalue weighted by molar-refractivity contribution is 0.471. The minimum atomic E-state index is 0.284. The maximum atomic E-state index is 11.0. The first-order chi connectivity index (χ1) is 16.2. The van der Waals surface area contributed by atoms with Crippen LogP contribution in [0.15, 0.2) is 104 Å². The third-order valence-corrected chi connectivity index (χ3v) is 5.90. The molecule has 162 valence electrons. The van der Waals surface area contributed by atoms with E-state index in [0.717, 1.165) is 40.0 Å². The van der Waals surface area contributed by atoms with Crippen molar-refractivity contribution in [2.75, 3.05) is 0 Å². The first-order valence-electron chi connectivity index (χ1n) is 11.1. The van der Waals surface area contributed by atoms with Crippen LogP contribution in [0.3, 0.4) is 0 Å². The zero-order chi connectivity index (χ0) is 22.6. The summed E-state index contributed by atoms with van der Waals surface area (Å²) in [5.41, 5.74) is 4.64. The highest BCUT2D eigenvalue weighted by molar-refractivity contribution is 5.84. The number of hydrogen-bond acceptors (Lipinski definition) is 3. The molecule has 4 heteroatoms. The van der Waals surface area contributed by atoms with Gasteiger partial charge in [0.15, 0.2) is 0 Å². The molecule has 0 saturated carbocycles. The van der Waals surface area contributed by atoms with Gasteiger partial charge >= 0.3 is 0 Å². The van der Waals surface area contributed by atoms with Crippen LogP contribution in [0.4, 0.5) is 0 Å². The normalized spacial score (nSPS) is 11.4. The molecule has 0 amide bonds. The second-order valence-corrected chi connectivity index (χ2v) is 8.14. The van der Waals surface area contributed by atoms with Crippen molar-refractivity contribution < 1.29 is 5.11 Å². The highest BCUT2D eigenvalue weighted by Gasteiger charge is 2.14. The minimum Gasteiger partial charge on any atom is -0.507 e. The second kappa shape index (κ2) is 9.13. The molecule has 2 aromatic heterocycles. The molecule has 0 aliphatic carbocycles. The first kappa shape index (κ1) is 20.7. The fraction of sp³-hybridized carbons (Fsp3) is 0.103. The second-order valence-electron chi connectivity index (χ2n) is 8.14. The standard InChI is InChI=1S/C29H25N3O/c1-32-20-27(31-29(32)22-11-3-2-4-12-22)26-17-9-15-21(28(26)33)10-5-6-13-23-18-30-19-24-14-7-8-16-25(23)24/h2-9,11-12,14-20,33H,10,13H2,1H3/b6-5-. The number of para-hydroxylation sites is 1. The van der Waals surface area contributed by atoms with Crippen LogP contribution in [0.25, 0.3) is 33.4 Å². The lowest BCUT2D eigenvalue weighted by atomic mass is 10.0. The number of rotatable bonds is 6. The lowest BCUT2D eigenvalue weighted by Crippen LogP contribution is -1.90. The Morgan fingerprint density at radius 2 is 1.58 bits per heavy atom. The quantitative estimate of drug-likeness (QED) is 0.319. The number of imidazole rings is 1. The number of allylic oxidation sites excluding steroid dienone is 2. The van der Waals surface area contributed by atoms with E-state index in [2.05, 4.69) is 35.3 Å². The third kappa shape index (κ3) is 4.28. The minimum absolute atomic E-state index is 0.284. The molecule has 0 saturated heterocycles. The molecule has 0 spiro atoms. The topological polar surface area (TPSA) is 50.9 Å². The highest BCUT2D eigenvalue weighted by Crippen LogP contribution is 2.33. The maximum Gasteiger partial charge on any atom is 0.140 e. The Labute approximate surface area is 193 Å². The van der Waals surface area contributed by atoms with E-state index < -0.39 is 0 Å². The van der Waals surface area contributed by atoms with Gasteiger partial charge in [0.25, 0.3) is 0 Å². The summed E-state index contributed by atoms with van der Waals surface area (Å²) in [6.45, 7) is 0. The predicted molar refractivity (Wildman–Crippen MR) is 134 cm³/mol. The van der Waals surface area contributed by atoms with Crippen molar-refractivity contribution in [3.05, 3.63) is 115 Å². The summed E-state index contributed by atoms with van der Waals surface area (Å²) in [5, 5.41) is 13.4. The van der Waals surface area contributed by atoms with Crippen LogP contribution < -0.4 is 0 Å². The number of phenols is 1. The van der Waals surface area contributed by atoms with Crippen molar-refractivity contribution >= 4 is 10.8 Å². The van der Waals surface area contributed by atoms with Crippen LogP contribution in [-0.4, -0.2) is 19.6 Å². The molecule has 5 aromatic rings. The summed E-state index contributed by atoms with van der Waals surface area (Å²) in [5.74, 6) is 1.16. The van der Waals surface area contributed by atoms with Gasteiger partial charge in [-0.3, -0.25) is 4.98 Å². The lowest BCUT2D eigenvalue weighted by Gasteiger charge is -2.07. The van der Waals surface area contributed by atoms with Crippen molar-refractivity contribution in [3.63, 3.8) is 0 Å². The fourth-order valence-corrected chi connectivity index (χ4v) is 4.18. The molecule has 3 aromatic carbocycles. The number of nitrogens with zero attached hydrogens (tertiary/aromatic N) is 3. The molecule has 0 atom stereocenters. The monoisotopic (exact) mass is 431 g/mol. The van der Waals surface area contributed by atoms with Gasteiger partial charge in [-0.2, -0.15) is 0 Å². The van der Waals surface area contributed by atoms with Crippen molar-refractivity contribution in [1.82, 2.24) is 14.5 Å². The summed E-state index contributed by atoms with van der Waals surface area (Å²) >= 11 is 0. The SMILES string of the molecule is Cn1cc(-c2cccc(C/C=C\Cc3cncc4ccccc34)c2O)nc1-c1ccccc1. The molecule has 33 heavy (non-hydrogen) atoms. The van der Waals surface area contributed by atoms with E-state index in [1.807, 2.05) is 84.8 Å². The van der Waals surface area contributed by atoms with Crippen LogP contribution >= 0.6 is 0 Å². The van der Waals surface area contributed by atoms with Crippen molar-refractivity contribution in [1.29, 1.82) is 0 Å². The van der Waals surface area contributed by atoms with Crippen LogP contribution in [0, 0.1) is 0 Å². The average molecular weight is 432 g/mol. The van der Waals surface area contributed by atoms with Crippen LogP contribution in [0.5, 0.6) is 5.75 Å². The number of hydrogen-bond donors (Lipinski definition) is 1. The van der Waals surface area contributed by atoms with Crippen LogP contribution in [0.2, 0.25) is 0 Å². The van der Waals surface area contributed by atoms with Gasteiger partial charge in [-0.25, -0.2) is 4.98 Å². The number of phenolic OH excluding ortho intramolecular Hbond substituents is 1.